The van der Waals surface area contributed by atoms with Crippen molar-refractivity contribution < 1.29 is 14.1 Å². The summed E-state index contributed by atoms with van der Waals surface area (Å²) in [6.07, 6.45) is 0. The number of methoxy groups -OCH3 is 1. The third kappa shape index (κ3) is 4.55. The fourth-order valence-corrected chi connectivity index (χ4v) is 3.72. The molecule has 0 aliphatic carbocycles. The van der Waals surface area contributed by atoms with Gasteiger partial charge in [-0.25, -0.2) is 0 Å². The number of amides is 1. The first-order valence-electron chi connectivity index (χ1n) is 9.19. The quantitative estimate of drug-likeness (QED) is 0.422. The number of nitrogens with zero attached hydrogens (tertiary/aromatic N) is 2. The first kappa shape index (κ1) is 19.0. The van der Waals surface area contributed by atoms with E-state index in [4.69, 9.17) is 9.26 Å². The number of thiophene rings is 1. The predicted octanol–water partition coefficient (Wildman–Crippen LogP) is 5.25. The highest BCUT2D eigenvalue weighted by Crippen LogP contribution is 2.24. The molecule has 2 heterocycles. The Labute approximate surface area is 173 Å². The lowest BCUT2D eigenvalue weighted by Gasteiger charge is -2.21. The van der Waals surface area contributed by atoms with Crippen LogP contribution < -0.4 is 4.74 Å². The first-order valence-corrected chi connectivity index (χ1v) is 10.1. The Hall–Kier alpha value is -3.38. The second-order valence-corrected chi connectivity index (χ2v) is 7.48. The van der Waals surface area contributed by atoms with E-state index in [9.17, 15) is 4.79 Å². The van der Waals surface area contributed by atoms with Crippen molar-refractivity contribution in [1.29, 1.82) is 0 Å². The smallest absolute Gasteiger partial charge is 0.264 e. The molecule has 0 bridgehead atoms. The molecular weight excluding hydrogens is 384 g/mol. The zero-order valence-electron chi connectivity index (χ0n) is 15.9. The van der Waals surface area contributed by atoms with E-state index in [2.05, 4.69) is 5.16 Å². The number of ether oxygens (including phenoxy) is 1. The Balaban J connectivity index is 1.55. The largest absolute Gasteiger partial charge is 0.497 e. The summed E-state index contributed by atoms with van der Waals surface area (Å²) in [6, 6.07) is 23.1. The summed E-state index contributed by atoms with van der Waals surface area (Å²) >= 11 is 1.44. The molecule has 0 aliphatic heterocycles. The van der Waals surface area contributed by atoms with E-state index in [1.165, 1.54) is 11.3 Å². The van der Waals surface area contributed by atoms with Crippen LogP contribution in [-0.2, 0) is 13.1 Å². The monoisotopic (exact) mass is 404 g/mol. The number of rotatable bonds is 7. The van der Waals surface area contributed by atoms with Crippen molar-refractivity contribution in [2.75, 3.05) is 7.11 Å². The molecule has 4 rings (SSSR count). The van der Waals surface area contributed by atoms with Crippen molar-refractivity contribution in [3.05, 3.63) is 94.3 Å². The van der Waals surface area contributed by atoms with Crippen LogP contribution >= 0.6 is 11.3 Å². The van der Waals surface area contributed by atoms with Gasteiger partial charge < -0.3 is 14.2 Å². The van der Waals surface area contributed by atoms with E-state index in [1.807, 2.05) is 78.2 Å². The van der Waals surface area contributed by atoms with E-state index in [-0.39, 0.29) is 5.91 Å². The number of carbonyl (C=O) groups is 1. The highest BCUT2D eigenvalue weighted by Gasteiger charge is 2.19. The fraction of sp³-hybridized carbons (Fsp3) is 0.130. The van der Waals surface area contributed by atoms with Gasteiger partial charge in [-0.3, -0.25) is 4.79 Å². The van der Waals surface area contributed by atoms with Crippen LogP contribution in [0.25, 0.3) is 11.3 Å². The standard InChI is InChI=1S/C23H20N2O3S/c1-27-20-11-9-18(10-12-20)21-14-19(24-28-21)16-25(15-17-6-3-2-4-7-17)23(26)22-8-5-13-29-22/h2-14H,15-16H2,1H3. The summed E-state index contributed by atoms with van der Waals surface area (Å²) in [7, 11) is 1.63. The minimum Gasteiger partial charge on any atom is -0.497 e. The molecule has 0 atom stereocenters. The molecule has 0 N–H and O–H groups in total. The molecule has 4 aromatic rings. The number of benzene rings is 2. The average molecular weight is 404 g/mol. The summed E-state index contributed by atoms with van der Waals surface area (Å²) in [4.78, 5) is 15.5. The zero-order valence-corrected chi connectivity index (χ0v) is 16.8. The van der Waals surface area contributed by atoms with Crippen molar-refractivity contribution in [3.63, 3.8) is 0 Å². The van der Waals surface area contributed by atoms with Gasteiger partial charge in [0.25, 0.3) is 5.91 Å². The van der Waals surface area contributed by atoms with Gasteiger partial charge in [0.05, 0.1) is 18.5 Å². The van der Waals surface area contributed by atoms with Gasteiger partial charge in [-0.05, 0) is 41.3 Å². The zero-order chi connectivity index (χ0) is 20.1. The van der Waals surface area contributed by atoms with Crippen molar-refractivity contribution in [3.8, 4) is 17.1 Å². The number of hydrogen-bond donors (Lipinski definition) is 0. The maximum atomic E-state index is 13.0. The summed E-state index contributed by atoms with van der Waals surface area (Å²) in [5, 5.41) is 6.09. The number of aromatic nitrogens is 1. The van der Waals surface area contributed by atoms with Crippen molar-refractivity contribution in [2.45, 2.75) is 13.1 Å². The SMILES string of the molecule is COc1ccc(-c2cc(CN(Cc3ccccc3)C(=O)c3cccs3)no2)cc1. The maximum Gasteiger partial charge on any atom is 0.264 e. The Morgan fingerprint density at radius 2 is 1.83 bits per heavy atom. The summed E-state index contributed by atoms with van der Waals surface area (Å²) in [6.45, 7) is 0.869. The minimum atomic E-state index is -0.0159. The Morgan fingerprint density at radius 1 is 1.03 bits per heavy atom. The summed E-state index contributed by atoms with van der Waals surface area (Å²) < 4.78 is 10.7. The van der Waals surface area contributed by atoms with E-state index in [1.54, 1.807) is 12.0 Å². The van der Waals surface area contributed by atoms with Crippen molar-refractivity contribution >= 4 is 17.2 Å². The molecule has 2 aromatic heterocycles. The molecule has 0 spiro atoms. The van der Waals surface area contributed by atoms with Gasteiger partial charge >= 0.3 is 0 Å². The molecule has 0 fully saturated rings. The fourth-order valence-electron chi connectivity index (χ4n) is 3.03. The van der Waals surface area contributed by atoms with Crippen LogP contribution in [0.15, 0.2) is 82.7 Å². The first-order chi connectivity index (χ1) is 14.2. The van der Waals surface area contributed by atoms with Crippen molar-refractivity contribution in [2.24, 2.45) is 0 Å². The lowest BCUT2D eigenvalue weighted by atomic mass is 10.1. The predicted molar refractivity (Wildman–Crippen MR) is 113 cm³/mol. The third-order valence-corrected chi connectivity index (χ3v) is 5.38. The molecule has 0 unspecified atom stereocenters. The lowest BCUT2D eigenvalue weighted by molar-refractivity contribution is 0.0731. The Kier molecular flexibility index (Phi) is 5.72. The molecule has 0 saturated heterocycles. The molecule has 5 nitrogen and oxygen atoms in total. The van der Waals surface area contributed by atoms with Gasteiger partial charge in [0.1, 0.15) is 11.4 Å². The third-order valence-electron chi connectivity index (χ3n) is 4.52. The Morgan fingerprint density at radius 3 is 2.52 bits per heavy atom. The molecule has 29 heavy (non-hydrogen) atoms. The molecule has 0 saturated carbocycles. The van der Waals surface area contributed by atoms with E-state index in [0.29, 0.717) is 29.4 Å². The van der Waals surface area contributed by atoms with Gasteiger partial charge in [-0.2, -0.15) is 0 Å². The Bertz CT molecular complexity index is 1060. The van der Waals surface area contributed by atoms with Crippen LogP contribution in [0.2, 0.25) is 0 Å². The second-order valence-electron chi connectivity index (χ2n) is 6.54. The maximum absolute atomic E-state index is 13.0. The van der Waals surface area contributed by atoms with Crippen molar-refractivity contribution in [1.82, 2.24) is 10.1 Å². The van der Waals surface area contributed by atoms with Gasteiger partial charge in [0.15, 0.2) is 5.76 Å². The molecule has 1 amide bonds. The van der Waals surface area contributed by atoms with Gasteiger partial charge in [-0.1, -0.05) is 41.6 Å². The van der Waals surface area contributed by atoms with Crippen LogP contribution in [0.5, 0.6) is 5.75 Å². The normalized spacial score (nSPS) is 10.7. The molecule has 2 aromatic carbocycles. The molecule has 146 valence electrons. The number of carbonyl (C=O) groups excluding carboxylic acids is 1. The van der Waals surface area contributed by atoms with Crippen LogP contribution in [0.1, 0.15) is 20.9 Å². The molecular formula is C23H20N2O3S. The van der Waals surface area contributed by atoms with Gasteiger partial charge in [0, 0.05) is 18.2 Å². The van der Waals surface area contributed by atoms with Crippen LogP contribution in [0.4, 0.5) is 0 Å². The van der Waals surface area contributed by atoms with Gasteiger partial charge in [-0.15, -0.1) is 11.3 Å². The van der Waals surface area contributed by atoms with Crippen LogP contribution in [-0.4, -0.2) is 23.1 Å². The van der Waals surface area contributed by atoms with E-state index < -0.39 is 0 Å². The summed E-state index contributed by atoms with van der Waals surface area (Å²) in [5.74, 6) is 1.42. The van der Waals surface area contributed by atoms with E-state index >= 15 is 0 Å². The second kappa shape index (κ2) is 8.75. The lowest BCUT2D eigenvalue weighted by Crippen LogP contribution is -2.29. The topological polar surface area (TPSA) is 55.6 Å². The van der Waals surface area contributed by atoms with Gasteiger partial charge in [0.2, 0.25) is 0 Å². The van der Waals surface area contributed by atoms with Crippen LogP contribution in [0, 0.1) is 0 Å². The number of hydrogen-bond acceptors (Lipinski definition) is 5. The highest BCUT2D eigenvalue weighted by atomic mass is 32.1. The molecule has 0 radical (unpaired) electrons. The molecule has 6 heteroatoms. The minimum absolute atomic E-state index is 0.0159. The summed E-state index contributed by atoms with van der Waals surface area (Å²) in [5.41, 5.74) is 2.68. The molecule has 0 aliphatic rings. The van der Waals surface area contributed by atoms with E-state index in [0.717, 1.165) is 16.9 Å². The average Bonchev–Trinajstić information content (AvgIpc) is 3.46. The van der Waals surface area contributed by atoms with Crippen LogP contribution in [0.3, 0.4) is 0 Å². The highest BCUT2D eigenvalue weighted by molar-refractivity contribution is 7.12.